The number of aryl methyl sites for hydroxylation is 2. The number of carbonyl (C=O) groups excluding carboxylic acids is 2. The number of aromatic nitrogens is 5. The molecule has 0 aliphatic rings. The van der Waals surface area contributed by atoms with Crippen LogP contribution >= 0.6 is 0 Å². The van der Waals surface area contributed by atoms with E-state index in [9.17, 15) is 19.2 Å². The van der Waals surface area contributed by atoms with Crippen molar-refractivity contribution >= 4 is 28.5 Å². The van der Waals surface area contributed by atoms with Gasteiger partial charge in [-0.1, -0.05) is 0 Å². The van der Waals surface area contributed by atoms with E-state index in [0.29, 0.717) is 5.78 Å². The summed E-state index contributed by atoms with van der Waals surface area (Å²) in [4.78, 5) is 53.6. The van der Waals surface area contributed by atoms with Gasteiger partial charge < -0.3 is 4.57 Å². The van der Waals surface area contributed by atoms with E-state index >= 15 is 0 Å². The van der Waals surface area contributed by atoms with Crippen LogP contribution in [0.3, 0.4) is 0 Å². The SMILES string of the molecule is CC(=O)[C@H](C)n1c(=O)c2c(nc3n([C@@H](C)C(C)=O)c(C)cn23)n(C)c1=O. The zero-order valence-corrected chi connectivity index (χ0v) is 15.6. The number of Topliss-reactive ketones (excluding diaryl/α,β-unsaturated/α-hetero) is 2. The smallest absolute Gasteiger partial charge is 0.304 e. The Morgan fingerprint density at radius 3 is 2.12 bits per heavy atom. The lowest BCUT2D eigenvalue weighted by molar-refractivity contribution is -0.120. The summed E-state index contributed by atoms with van der Waals surface area (Å²) >= 11 is 0. The van der Waals surface area contributed by atoms with Crippen molar-refractivity contribution in [2.45, 2.75) is 46.7 Å². The van der Waals surface area contributed by atoms with E-state index < -0.39 is 23.3 Å². The van der Waals surface area contributed by atoms with Gasteiger partial charge in [0.05, 0.1) is 12.1 Å². The molecule has 0 unspecified atom stereocenters. The molecule has 0 aromatic carbocycles. The van der Waals surface area contributed by atoms with Crippen molar-refractivity contribution in [1.29, 1.82) is 0 Å². The Bertz CT molecular complexity index is 1190. The fourth-order valence-corrected chi connectivity index (χ4v) is 3.18. The molecule has 9 nitrogen and oxygen atoms in total. The number of hydrogen-bond acceptors (Lipinski definition) is 5. The number of nitrogens with zero attached hydrogens (tertiary/aromatic N) is 5. The molecule has 0 aliphatic heterocycles. The summed E-state index contributed by atoms with van der Waals surface area (Å²) in [5, 5.41) is 0. The summed E-state index contributed by atoms with van der Waals surface area (Å²) in [5.41, 5.74) is -0.00408. The van der Waals surface area contributed by atoms with Crippen LogP contribution in [0, 0.1) is 6.92 Å². The molecule has 0 spiro atoms. The minimum Gasteiger partial charge on any atom is -0.304 e. The molecule has 3 aromatic heterocycles. The quantitative estimate of drug-likeness (QED) is 0.684. The Balaban J connectivity index is 2.51. The average Bonchev–Trinajstić information content (AvgIpc) is 3.06. The lowest BCUT2D eigenvalue weighted by Crippen LogP contribution is -2.42. The van der Waals surface area contributed by atoms with Crippen LogP contribution < -0.4 is 11.2 Å². The van der Waals surface area contributed by atoms with E-state index in [1.165, 1.54) is 32.4 Å². The first-order valence-electron chi connectivity index (χ1n) is 8.30. The van der Waals surface area contributed by atoms with E-state index in [1.807, 2.05) is 6.92 Å². The van der Waals surface area contributed by atoms with Crippen LogP contribution in [0.4, 0.5) is 0 Å². The minimum atomic E-state index is -0.879. The Morgan fingerprint density at radius 1 is 1.04 bits per heavy atom. The molecule has 26 heavy (non-hydrogen) atoms. The molecule has 0 N–H and O–H groups in total. The van der Waals surface area contributed by atoms with Gasteiger partial charge in [-0.25, -0.2) is 9.36 Å². The maximum Gasteiger partial charge on any atom is 0.333 e. The van der Waals surface area contributed by atoms with Crippen molar-refractivity contribution in [3.63, 3.8) is 0 Å². The third-order valence-corrected chi connectivity index (χ3v) is 4.97. The highest BCUT2D eigenvalue weighted by molar-refractivity contribution is 5.82. The molecule has 138 valence electrons. The van der Waals surface area contributed by atoms with Crippen molar-refractivity contribution < 1.29 is 9.59 Å². The number of rotatable bonds is 4. The topological polar surface area (TPSA) is 100 Å². The molecule has 0 radical (unpaired) electrons. The summed E-state index contributed by atoms with van der Waals surface area (Å²) in [6.07, 6.45) is 1.71. The first-order chi connectivity index (χ1) is 12.1. The van der Waals surface area contributed by atoms with E-state index in [4.69, 9.17) is 0 Å². The highest BCUT2D eigenvalue weighted by atomic mass is 16.2. The van der Waals surface area contributed by atoms with E-state index in [-0.39, 0.29) is 22.7 Å². The lowest BCUT2D eigenvalue weighted by Gasteiger charge is -2.12. The molecule has 0 amide bonds. The molecule has 0 aliphatic carbocycles. The molecule has 0 saturated heterocycles. The van der Waals surface area contributed by atoms with Crippen molar-refractivity contribution in [1.82, 2.24) is 23.1 Å². The Morgan fingerprint density at radius 2 is 1.58 bits per heavy atom. The normalized spacial score (nSPS) is 14.1. The van der Waals surface area contributed by atoms with Gasteiger partial charge in [-0.05, 0) is 34.6 Å². The molecule has 3 aromatic rings. The standard InChI is InChI=1S/C17H21N5O4/c1-8-7-20-13-14(18-16(20)21(8)9(2)11(4)23)19(6)17(26)22(15(13)25)10(3)12(5)24/h7,9-10H,1-6H3/t9-,10-/m0/s1. The molecule has 3 heterocycles. The Kier molecular flexibility index (Phi) is 3.97. The van der Waals surface area contributed by atoms with Crippen LogP contribution in [0.1, 0.15) is 45.5 Å². The minimum absolute atomic E-state index is 0.0465. The maximum absolute atomic E-state index is 13.0. The van der Waals surface area contributed by atoms with Crippen LogP contribution in [0.15, 0.2) is 15.8 Å². The fraction of sp³-hybridized carbons (Fsp3) is 0.471. The van der Waals surface area contributed by atoms with E-state index in [0.717, 1.165) is 10.3 Å². The van der Waals surface area contributed by atoms with Gasteiger partial charge in [0, 0.05) is 18.9 Å². The van der Waals surface area contributed by atoms with Gasteiger partial charge in [-0.2, -0.15) is 4.98 Å². The van der Waals surface area contributed by atoms with Gasteiger partial charge in [0.25, 0.3) is 5.56 Å². The number of imidazole rings is 2. The van der Waals surface area contributed by atoms with E-state index in [2.05, 4.69) is 4.98 Å². The Hall–Kier alpha value is -2.97. The third-order valence-electron chi connectivity index (χ3n) is 4.97. The zero-order chi connectivity index (χ0) is 19.5. The molecule has 2 atom stereocenters. The van der Waals surface area contributed by atoms with Crippen molar-refractivity contribution in [3.05, 3.63) is 32.7 Å². The van der Waals surface area contributed by atoms with Gasteiger partial charge in [0.15, 0.2) is 22.7 Å². The predicted octanol–water partition coefficient (Wildman–Crippen LogP) is 0.758. The first-order valence-corrected chi connectivity index (χ1v) is 8.30. The van der Waals surface area contributed by atoms with Crippen LogP contribution in [-0.2, 0) is 16.6 Å². The molecule has 0 fully saturated rings. The summed E-state index contributed by atoms with van der Waals surface area (Å²) in [7, 11) is 1.51. The van der Waals surface area contributed by atoms with Crippen molar-refractivity contribution in [2.24, 2.45) is 7.05 Å². The van der Waals surface area contributed by atoms with Crippen molar-refractivity contribution in [3.8, 4) is 0 Å². The van der Waals surface area contributed by atoms with Gasteiger partial charge in [0.2, 0.25) is 5.78 Å². The molecule has 0 bridgehead atoms. The second kappa shape index (κ2) is 5.79. The molecular weight excluding hydrogens is 338 g/mol. The number of carbonyl (C=O) groups is 2. The third kappa shape index (κ3) is 2.27. The molecule has 3 rings (SSSR count). The monoisotopic (exact) mass is 359 g/mol. The molecule has 0 saturated carbocycles. The van der Waals surface area contributed by atoms with Gasteiger partial charge in [0.1, 0.15) is 0 Å². The van der Waals surface area contributed by atoms with Gasteiger partial charge in [-0.3, -0.25) is 23.4 Å². The zero-order valence-electron chi connectivity index (χ0n) is 15.6. The highest BCUT2D eigenvalue weighted by Crippen LogP contribution is 2.21. The van der Waals surface area contributed by atoms with Crippen LogP contribution in [0.2, 0.25) is 0 Å². The van der Waals surface area contributed by atoms with Crippen LogP contribution in [0.25, 0.3) is 16.9 Å². The highest BCUT2D eigenvalue weighted by Gasteiger charge is 2.25. The average molecular weight is 359 g/mol. The summed E-state index contributed by atoms with van der Waals surface area (Å²) < 4.78 is 5.50. The molecular formula is C17H21N5O4. The maximum atomic E-state index is 13.0. The Labute approximate surface area is 148 Å². The summed E-state index contributed by atoms with van der Waals surface area (Å²) in [5.74, 6) is 0.0681. The van der Waals surface area contributed by atoms with Gasteiger partial charge >= 0.3 is 5.69 Å². The fourth-order valence-electron chi connectivity index (χ4n) is 3.18. The summed E-state index contributed by atoms with van der Waals surface area (Å²) in [6.45, 7) is 7.91. The predicted molar refractivity (Wildman–Crippen MR) is 95.7 cm³/mol. The second-order valence-electron chi connectivity index (χ2n) is 6.68. The van der Waals surface area contributed by atoms with E-state index in [1.54, 1.807) is 22.1 Å². The van der Waals surface area contributed by atoms with Crippen LogP contribution in [-0.4, -0.2) is 34.7 Å². The molecule has 9 heteroatoms. The number of fused-ring (bicyclic) bond motifs is 3. The largest absolute Gasteiger partial charge is 0.333 e. The van der Waals surface area contributed by atoms with Gasteiger partial charge in [-0.15, -0.1) is 0 Å². The lowest BCUT2D eigenvalue weighted by atomic mass is 10.2. The second-order valence-corrected chi connectivity index (χ2v) is 6.68. The number of ketones is 2. The first kappa shape index (κ1) is 17.8. The van der Waals surface area contributed by atoms with Crippen molar-refractivity contribution in [2.75, 3.05) is 0 Å². The number of hydrogen-bond donors (Lipinski definition) is 0. The summed E-state index contributed by atoms with van der Waals surface area (Å²) in [6, 6.07) is -1.34. The van der Waals surface area contributed by atoms with Crippen LogP contribution in [0.5, 0.6) is 0 Å².